The van der Waals surface area contributed by atoms with E-state index in [2.05, 4.69) is 5.32 Å². The SMILES string of the molecule is CC(C)CNC(=O)C(Cc1ccccc1)N(Cc1ccccc1F)C(=O)COc1cccc2ccccc12. The molecule has 1 N–H and O–H groups in total. The summed E-state index contributed by atoms with van der Waals surface area (Å²) in [6, 6.07) is 28.4. The Morgan fingerprint density at radius 2 is 1.55 bits per heavy atom. The van der Waals surface area contributed by atoms with E-state index in [9.17, 15) is 14.0 Å². The van der Waals surface area contributed by atoms with Crippen LogP contribution in [0.15, 0.2) is 97.1 Å². The highest BCUT2D eigenvalue weighted by Gasteiger charge is 2.31. The molecule has 4 aromatic carbocycles. The highest BCUT2D eigenvalue weighted by Crippen LogP contribution is 2.25. The van der Waals surface area contributed by atoms with Gasteiger partial charge < -0.3 is 15.0 Å². The van der Waals surface area contributed by atoms with Gasteiger partial charge in [0.2, 0.25) is 5.91 Å². The number of carbonyl (C=O) groups is 2. The Hall–Kier alpha value is -4.19. The van der Waals surface area contributed by atoms with Crippen LogP contribution in [0.3, 0.4) is 0 Å². The number of hydrogen-bond donors (Lipinski definition) is 1. The summed E-state index contributed by atoms with van der Waals surface area (Å²) in [5, 5.41) is 4.85. The van der Waals surface area contributed by atoms with E-state index in [1.165, 1.54) is 11.0 Å². The summed E-state index contributed by atoms with van der Waals surface area (Å²) in [6.07, 6.45) is 0.291. The fourth-order valence-electron chi connectivity index (χ4n) is 4.33. The Morgan fingerprint density at radius 1 is 0.868 bits per heavy atom. The highest BCUT2D eigenvalue weighted by molar-refractivity contribution is 5.90. The minimum absolute atomic E-state index is 0.0585. The van der Waals surface area contributed by atoms with E-state index in [-0.39, 0.29) is 25.0 Å². The fourth-order valence-corrected chi connectivity index (χ4v) is 4.33. The van der Waals surface area contributed by atoms with Gasteiger partial charge in [0.05, 0.1) is 0 Å². The summed E-state index contributed by atoms with van der Waals surface area (Å²) in [4.78, 5) is 28.7. The van der Waals surface area contributed by atoms with Gasteiger partial charge in [-0.25, -0.2) is 4.39 Å². The lowest BCUT2D eigenvalue weighted by Crippen LogP contribution is -2.52. The molecular formula is C32H33FN2O3. The molecule has 196 valence electrons. The first-order valence-corrected chi connectivity index (χ1v) is 12.9. The molecule has 38 heavy (non-hydrogen) atoms. The van der Waals surface area contributed by atoms with E-state index in [0.29, 0.717) is 24.3 Å². The van der Waals surface area contributed by atoms with Crippen LogP contribution in [-0.4, -0.2) is 35.9 Å². The topological polar surface area (TPSA) is 58.6 Å². The zero-order chi connectivity index (χ0) is 26.9. The third kappa shape index (κ3) is 6.97. The lowest BCUT2D eigenvalue weighted by atomic mass is 10.0. The van der Waals surface area contributed by atoms with Gasteiger partial charge in [0.25, 0.3) is 5.91 Å². The molecule has 0 aliphatic carbocycles. The number of benzene rings is 4. The zero-order valence-electron chi connectivity index (χ0n) is 21.8. The molecule has 0 fully saturated rings. The van der Waals surface area contributed by atoms with Crippen LogP contribution in [0.25, 0.3) is 10.8 Å². The van der Waals surface area contributed by atoms with Crippen molar-refractivity contribution in [3.8, 4) is 5.75 Å². The molecule has 0 spiro atoms. The average Bonchev–Trinajstić information content (AvgIpc) is 2.93. The number of ether oxygens (including phenoxy) is 1. The Balaban J connectivity index is 1.64. The summed E-state index contributed by atoms with van der Waals surface area (Å²) in [6.45, 7) is 4.14. The number of carbonyl (C=O) groups excluding carboxylic acids is 2. The van der Waals surface area contributed by atoms with E-state index in [1.807, 2.05) is 86.6 Å². The van der Waals surface area contributed by atoms with Crippen LogP contribution in [-0.2, 0) is 22.6 Å². The number of nitrogens with zero attached hydrogens (tertiary/aromatic N) is 1. The zero-order valence-corrected chi connectivity index (χ0v) is 21.8. The summed E-state index contributed by atoms with van der Waals surface area (Å²) in [5.74, 6) is -0.298. The van der Waals surface area contributed by atoms with Crippen LogP contribution < -0.4 is 10.1 Å². The molecule has 0 aliphatic heterocycles. The number of halogens is 1. The molecule has 4 aromatic rings. The number of nitrogens with one attached hydrogen (secondary N) is 1. The van der Waals surface area contributed by atoms with Gasteiger partial charge in [0, 0.05) is 30.5 Å². The minimum atomic E-state index is -0.848. The second kappa shape index (κ2) is 12.9. The highest BCUT2D eigenvalue weighted by atomic mass is 19.1. The maximum absolute atomic E-state index is 14.7. The molecule has 6 heteroatoms. The number of fused-ring (bicyclic) bond motifs is 1. The van der Waals surface area contributed by atoms with Crippen molar-refractivity contribution >= 4 is 22.6 Å². The smallest absolute Gasteiger partial charge is 0.261 e. The van der Waals surface area contributed by atoms with Crippen molar-refractivity contribution in [2.75, 3.05) is 13.2 Å². The molecule has 5 nitrogen and oxygen atoms in total. The predicted octanol–water partition coefficient (Wildman–Crippen LogP) is 5.77. The van der Waals surface area contributed by atoms with Crippen molar-refractivity contribution in [3.05, 3.63) is 114 Å². The summed E-state index contributed by atoms with van der Waals surface area (Å²) in [7, 11) is 0. The van der Waals surface area contributed by atoms with Gasteiger partial charge in [0.15, 0.2) is 6.61 Å². The number of rotatable bonds is 11. The standard InChI is InChI=1S/C32H33FN2O3/c1-23(2)20-34-32(37)29(19-24-11-4-3-5-12-24)35(21-26-14-7-9-17-28(26)33)31(36)22-38-30-18-10-15-25-13-6-8-16-27(25)30/h3-18,23,29H,19-22H2,1-2H3,(H,34,37). The maximum Gasteiger partial charge on any atom is 0.261 e. The van der Waals surface area contributed by atoms with Crippen LogP contribution in [0.1, 0.15) is 25.0 Å². The van der Waals surface area contributed by atoms with E-state index in [0.717, 1.165) is 16.3 Å². The molecule has 0 aromatic heterocycles. The second-order valence-corrected chi connectivity index (χ2v) is 9.72. The lowest BCUT2D eigenvalue weighted by molar-refractivity contribution is -0.142. The van der Waals surface area contributed by atoms with E-state index < -0.39 is 17.8 Å². The molecule has 0 saturated heterocycles. The van der Waals surface area contributed by atoms with Gasteiger partial charge in [-0.05, 0) is 29.0 Å². The van der Waals surface area contributed by atoms with Crippen LogP contribution in [0, 0.1) is 11.7 Å². The Kier molecular flexibility index (Phi) is 9.09. The molecule has 0 saturated carbocycles. The van der Waals surface area contributed by atoms with Crippen molar-refractivity contribution in [3.63, 3.8) is 0 Å². The number of hydrogen-bond acceptors (Lipinski definition) is 3. The predicted molar refractivity (Wildman–Crippen MR) is 148 cm³/mol. The van der Waals surface area contributed by atoms with Gasteiger partial charge in [-0.3, -0.25) is 9.59 Å². The first kappa shape index (κ1) is 26.9. The quantitative estimate of drug-likeness (QED) is 0.278. The molecule has 0 radical (unpaired) electrons. The Morgan fingerprint density at radius 3 is 2.32 bits per heavy atom. The average molecular weight is 513 g/mol. The van der Waals surface area contributed by atoms with E-state index in [4.69, 9.17) is 4.74 Å². The minimum Gasteiger partial charge on any atom is -0.483 e. The second-order valence-electron chi connectivity index (χ2n) is 9.72. The molecule has 1 unspecified atom stereocenters. The lowest BCUT2D eigenvalue weighted by Gasteiger charge is -2.32. The molecular weight excluding hydrogens is 479 g/mol. The molecule has 0 aliphatic rings. The van der Waals surface area contributed by atoms with Gasteiger partial charge in [-0.1, -0.05) is 98.8 Å². The fraction of sp³-hybridized carbons (Fsp3) is 0.250. The summed E-state index contributed by atoms with van der Waals surface area (Å²) < 4.78 is 20.7. The Labute approximate surface area is 223 Å². The summed E-state index contributed by atoms with van der Waals surface area (Å²) >= 11 is 0. The molecule has 1 atom stereocenters. The first-order valence-electron chi connectivity index (χ1n) is 12.9. The monoisotopic (exact) mass is 512 g/mol. The van der Waals surface area contributed by atoms with Crippen molar-refractivity contribution in [1.82, 2.24) is 10.2 Å². The van der Waals surface area contributed by atoms with Crippen LogP contribution >= 0.6 is 0 Å². The summed E-state index contributed by atoms with van der Waals surface area (Å²) in [5.41, 5.74) is 1.24. The van der Waals surface area contributed by atoms with Crippen molar-refractivity contribution in [2.24, 2.45) is 5.92 Å². The maximum atomic E-state index is 14.7. The molecule has 0 bridgehead atoms. The normalized spacial score (nSPS) is 11.8. The van der Waals surface area contributed by atoms with Crippen molar-refractivity contribution < 1.29 is 18.7 Å². The van der Waals surface area contributed by atoms with Crippen LogP contribution in [0.5, 0.6) is 5.75 Å². The number of amides is 2. The molecule has 2 amide bonds. The van der Waals surface area contributed by atoms with Crippen molar-refractivity contribution in [1.29, 1.82) is 0 Å². The van der Waals surface area contributed by atoms with Gasteiger partial charge in [0.1, 0.15) is 17.6 Å². The van der Waals surface area contributed by atoms with Gasteiger partial charge in [-0.2, -0.15) is 0 Å². The van der Waals surface area contributed by atoms with Crippen molar-refractivity contribution in [2.45, 2.75) is 32.9 Å². The van der Waals surface area contributed by atoms with E-state index >= 15 is 0 Å². The first-order chi connectivity index (χ1) is 18.4. The van der Waals surface area contributed by atoms with Crippen LogP contribution in [0.4, 0.5) is 4.39 Å². The molecule has 4 rings (SSSR count). The van der Waals surface area contributed by atoms with Gasteiger partial charge in [-0.15, -0.1) is 0 Å². The largest absolute Gasteiger partial charge is 0.483 e. The van der Waals surface area contributed by atoms with Crippen LogP contribution in [0.2, 0.25) is 0 Å². The van der Waals surface area contributed by atoms with Gasteiger partial charge >= 0.3 is 0 Å². The van der Waals surface area contributed by atoms with E-state index in [1.54, 1.807) is 18.2 Å². The third-order valence-corrected chi connectivity index (χ3v) is 6.35. The Bertz CT molecular complexity index is 1370. The third-order valence-electron chi connectivity index (χ3n) is 6.35. The molecule has 0 heterocycles.